The summed E-state index contributed by atoms with van der Waals surface area (Å²) in [5.41, 5.74) is 27.6. The van der Waals surface area contributed by atoms with E-state index in [9.17, 15) is 117 Å². The molecule has 624 valence electrons. The summed E-state index contributed by atoms with van der Waals surface area (Å²) in [5, 5.41) is 74.7. The number of aliphatic hydroxyl groups excluding tert-OH is 1. The zero-order chi connectivity index (χ0) is 84.4. The van der Waals surface area contributed by atoms with E-state index >= 15 is 0 Å². The minimum atomic E-state index is -1.98. The van der Waals surface area contributed by atoms with Gasteiger partial charge in [-0.3, -0.25) is 91.3 Å². The Bertz CT molecular complexity index is 3370. The lowest BCUT2D eigenvalue weighted by Gasteiger charge is -2.33. The molecule has 2 fully saturated rings. The predicted molar refractivity (Wildman–Crippen MR) is 390 cm³/mol. The molecule has 0 spiro atoms. The van der Waals surface area contributed by atoms with Crippen LogP contribution >= 0.6 is 0 Å². The second-order valence-corrected chi connectivity index (χ2v) is 28.5. The number of carboxylic acid groups (broad SMARTS) is 4. The molecule has 0 aliphatic carbocycles. The van der Waals surface area contributed by atoms with Crippen LogP contribution in [0.1, 0.15) is 171 Å². The van der Waals surface area contributed by atoms with E-state index in [1.807, 2.05) is 0 Å². The molecular weight excluding hydrogens is 1470 g/mol. The van der Waals surface area contributed by atoms with Crippen molar-refractivity contribution in [3.05, 3.63) is 0 Å². The first-order valence-electron chi connectivity index (χ1n) is 36.7. The smallest absolute Gasteiger partial charge is 0.326 e. The number of aliphatic carboxylic acids is 4. The number of likely N-dealkylation sites (tertiary alicyclic amines) is 2. The lowest BCUT2D eigenvalue weighted by Crippen LogP contribution is -2.62. The summed E-state index contributed by atoms with van der Waals surface area (Å²) in [4.78, 5) is 259. The Morgan fingerprint density at radius 2 is 0.829 bits per heavy atom. The number of amides is 15. The van der Waals surface area contributed by atoms with E-state index in [1.165, 1.54) is 4.90 Å². The Morgan fingerprint density at radius 3 is 1.25 bits per heavy atom. The molecular formula is C68H113N19O24. The summed E-state index contributed by atoms with van der Waals surface area (Å²) in [7, 11) is 0. The minimum Gasteiger partial charge on any atom is -0.481 e. The van der Waals surface area contributed by atoms with Crippen LogP contribution in [0, 0.1) is 23.7 Å². The molecule has 0 aromatic rings. The van der Waals surface area contributed by atoms with Crippen molar-refractivity contribution in [3.63, 3.8) is 0 Å². The number of aliphatic hydroxyl groups is 1. The molecule has 43 nitrogen and oxygen atoms in total. The third-order valence-corrected chi connectivity index (χ3v) is 18.4. The number of carbonyl (C=O) groups is 19. The Labute approximate surface area is 640 Å². The molecule has 15 atom stereocenters. The maximum Gasteiger partial charge on any atom is 0.326 e. The van der Waals surface area contributed by atoms with Gasteiger partial charge in [0.25, 0.3) is 0 Å². The lowest BCUT2D eigenvalue weighted by atomic mass is 9.95. The average Bonchev–Trinajstić information content (AvgIpc) is 1.74. The van der Waals surface area contributed by atoms with Crippen molar-refractivity contribution < 1.29 is 117 Å². The Hall–Kier alpha value is -10.9. The fourth-order valence-corrected chi connectivity index (χ4v) is 11.8. The molecule has 0 aromatic heterocycles. The second-order valence-electron chi connectivity index (χ2n) is 28.5. The summed E-state index contributed by atoms with van der Waals surface area (Å²) in [6, 6.07) is -21.8. The zero-order valence-electron chi connectivity index (χ0n) is 64.0. The number of guanidine groups is 1. The van der Waals surface area contributed by atoms with E-state index < -0.39 is 267 Å². The van der Waals surface area contributed by atoms with Gasteiger partial charge < -0.3 is 122 Å². The Kier molecular flexibility index (Phi) is 40.9. The van der Waals surface area contributed by atoms with Crippen LogP contribution in [-0.2, 0) is 91.1 Å². The monoisotopic (exact) mass is 1580 g/mol. The summed E-state index contributed by atoms with van der Waals surface area (Å²) in [6.07, 6.45) is -5.07. The molecule has 2 saturated heterocycles. The van der Waals surface area contributed by atoms with Crippen molar-refractivity contribution in [2.45, 2.75) is 256 Å². The molecule has 2 heterocycles. The standard InChI is InChI=1S/C68H113N19O24/c1-10-34(8)53(85-58(101)39(20-24-50(95)96)78-59(102)41(28-31(2)3)81-57(100)36(17-21-46(69)89)79-62(105)44-15-12-26-86(44)65(108)51(71)32(4)5)64(107)84-52(33(6)7)66(109)87-27-13-16-45(87)63(106)82-42(29-47(70)90)60(103)83-43(30-88)61(104)75-35(9)54(97)76-37(18-22-48(91)92)55(98)77-38(19-23-49(93)94)56(99)80-40(67(110)111)14-11-25-74-68(72)73/h31-45,51-53,88H,10-30,71H2,1-9H3,(H2,69,89)(H2,70,90)(H,75,104)(H,76,97)(H,77,98)(H,78,102)(H,79,105)(H,80,99)(H,81,100)(H,82,106)(H,83,103)(H,84,107)(H,85,101)(H,91,92)(H,93,94)(H,95,96)(H,110,111)(H4,72,73,74)/t34-,35-,36-,37-,38-,39-,40-,41-,42-,43-,44-,45-,51-,52-,53-/m0/s1. The molecule has 111 heavy (non-hydrogen) atoms. The van der Waals surface area contributed by atoms with Gasteiger partial charge in [0.2, 0.25) is 88.6 Å². The fraction of sp³-hybridized carbons (Fsp3) is 0.706. The highest BCUT2D eigenvalue weighted by atomic mass is 16.4. The highest BCUT2D eigenvalue weighted by molar-refractivity contribution is 6.01. The van der Waals surface area contributed by atoms with Crippen LogP contribution in [0.3, 0.4) is 0 Å². The van der Waals surface area contributed by atoms with Gasteiger partial charge in [-0.2, -0.15) is 0 Å². The maximum atomic E-state index is 14.7. The number of nitrogens with two attached hydrogens (primary N) is 5. The normalized spacial score (nSPS) is 17.5. The van der Waals surface area contributed by atoms with Crippen molar-refractivity contribution in [2.24, 2.45) is 57.3 Å². The topological polar surface area (TPSA) is 707 Å². The van der Waals surface area contributed by atoms with E-state index in [2.05, 4.69) is 63.5 Å². The number of aliphatic imine (C=N–C) groups is 1. The first-order valence-corrected chi connectivity index (χ1v) is 36.7. The molecule has 0 bridgehead atoms. The first kappa shape index (κ1) is 96.2. The molecule has 0 saturated carbocycles. The zero-order valence-corrected chi connectivity index (χ0v) is 64.0. The van der Waals surface area contributed by atoms with Crippen molar-refractivity contribution in [1.29, 1.82) is 0 Å². The number of nitrogens with one attached hydrogen (secondary N) is 11. The van der Waals surface area contributed by atoms with Gasteiger partial charge in [-0.25, -0.2) is 4.79 Å². The summed E-state index contributed by atoms with van der Waals surface area (Å²) >= 11 is 0. The molecule has 2 aliphatic heterocycles. The average molecular weight is 1580 g/mol. The van der Waals surface area contributed by atoms with E-state index in [4.69, 9.17) is 28.7 Å². The summed E-state index contributed by atoms with van der Waals surface area (Å²) in [6.45, 7) is 13.1. The Balaban J connectivity index is 2.37. The second kappa shape index (κ2) is 47.2. The summed E-state index contributed by atoms with van der Waals surface area (Å²) < 4.78 is 0. The van der Waals surface area contributed by atoms with Gasteiger partial charge in [0.05, 0.1) is 19.1 Å². The van der Waals surface area contributed by atoms with Crippen LogP contribution in [0.5, 0.6) is 0 Å². The predicted octanol–water partition coefficient (Wildman–Crippen LogP) is -7.08. The number of rotatable bonds is 50. The third-order valence-electron chi connectivity index (χ3n) is 18.4. The minimum absolute atomic E-state index is 0.0352. The number of carbonyl (C=O) groups excluding carboxylic acids is 15. The molecule has 26 N–H and O–H groups in total. The van der Waals surface area contributed by atoms with Gasteiger partial charge >= 0.3 is 23.9 Å². The quantitative estimate of drug-likeness (QED) is 0.0153. The highest BCUT2D eigenvalue weighted by Crippen LogP contribution is 2.24. The maximum absolute atomic E-state index is 14.7. The van der Waals surface area contributed by atoms with Crippen LogP contribution in [0.4, 0.5) is 0 Å². The van der Waals surface area contributed by atoms with Crippen LogP contribution in [-0.4, -0.2) is 265 Å². The molecule has 2 rings (SSSR count). The summed E-state index contributed by atoms with van der Waals surface area (Å²) in [5.74, 6) is -23.5. The van der Waals surface area contributed by atoms with E-state index in [1.54, 1.807) is 55.4 Å². The molecule has 15 amide bonds. The third kappa shape index (κ3) is 33.1. The van der Waals surface area contributed by atoms with E-state index in [0.29, 0.717) is 6.42 Å². The molecule has 0 radical (unpaired) electrons. The van der Waals surface area contributed by atoms with Gasteiger partial charge in [-0.05, 0) is 101 Å². The van der Waals surface area contributed by atoms with E-state index in [0.717, 1.165) is 11.8 Å². The molecule has 0 unspecified atom stereocenters. The highest BCUT2D eigenvalue weighted by Gasteiger charge is 2.44. The van der Waals surface area contributed by atoms with Gasteiger partial charge in [0.15, 0.2) is 5.96 Å². The van der Waals surface area contributed by atoms with Gasteiger partial charge in [0, 0.05) is 45.3 Å². The largest absolute Gasteiger partial charge is 0.481 e. The van der Waals surface area contributed by atoms with Crippen LogP contribution in [0.2, 0.25) is 0 Å². The van der Waals surface area contributed by atoms with Crippen LogP contribution < -0.4 is 87.2 Å². The van der Waals surface area contributed by atoms with Gasteiger partial charge in [-0.1, -0.05) is 61.8 Å². The Morgan fingerprint density at radius 1 is 0.432 bits per heavy atom. The first-order chi connectivity index (χ1) is 51.8. The number of nitrogens with zero attached hydrogens (tertiary/aromatic N) is 3. The number of primary amides is 2. The van der Waals surface area contributed by atoms with Crippen LogP contribution in [0.25, 0.3) is 0 Å². The van der Waals surface area contributed by atoms with Crippen molar-refractivity contribution >= 4 is 118 Å². The molecule has 2 aliphatic rings. The SMILES string of the molecule is CC[C@H](C)[C@H](NC(=O)[C@H](CCC(=O)O)NC(=O)[C@H](CC(C)C)NC(=O)[C@H](CCC(N)=O)NC(=O)[C@@H]1CCCN1C(=O)[C@@H](N)C(C)C)C(=O)N[C@H](C(=O)N1CCC[C@H]1C(=O)N[C@@H](CC(N)=O)C(=O)N[C@@H](CO)C(=O)N[C@@H](C)C(=O)N[C@@H](CCC(=O)O)C(=O)N[C@@H](CCC(=O)O)C(=O)N[C@@H](CCCN=C(N)N)C(=O)O)C(C)C. The van der Waals surface area contributed by atoms with Crippen molar-refractivity contribution in [2.75, 3.05) is 26.2 Å². The number of hydrogen-bond acceptors (Lipinski definition) is 22. The fourth-order valence-electron chi connectivity index (χ4n) is 11.8. The van der Waals surface area contributed by atoms with E-state index in [-0.39, 0.29) is 88.8 Å². The van der Waals surface area contributed by atoms with Crippen molar-refractivity contribution in [1.82, 2.24) is 68.3 Å². The van der Waals surface area contributed by atoms with Gasteiger partial charge in [0.1, 0.15) is 78.5 Å². The molecule has 43 heteroatoms. The number of hydrogen-bond donors (Lipinski definition) is 21. The lowest BCUT2D eigenvalue weighted by molar-refractivity contribution is -0.144. The van der Waals surface area contributed by atoms with Gasteiger partial charge in [-0.15, -0.1) is 0 Å². The van der Waals surface area contributed by atoms with Crippen LogP contribution in [0.15, 0.2) is 4.99 Å². The molecule has 0 aromatic carbocycles. The van der Waals surface area contributed by atoms with Crippen molar-refractivity contribution in [3.8, 4) is 0 Å². The number of carboxylic acids is 4.